The Kier molecular flexibility index (Phi) is 7.49. The molecule has 1 amide bonds. The maximum atomic E-state index is 12.1. The molecule has 1 N–H and O–H groups in total. The van der Waals surface area contributed by atoms with Crippen LogP contribution < -0.4 is 19.5 Å². The lowest BCUT2D eigenvalue weighted by atomic mass is 10.2. The molecule has 0 saturated heterocycles. The maximum Gasteiger partial charge on any atom is 0.344 e. The SMILES string of the molecule is COc1ccc(CNC(=O)[C@@H](C)OC(=O)COc2ccccc2OC)cc1. The number of ether oxygens (including phenoxy) is 4. The van der Waals surface area contributed by atoms with Crippen LogP contribution in [-0.4, -0.2) is 38.8 Å². The van der Waals surface area contributed by atoms with Crippen molar-refractivity contribution in [2.24, 2.45) is 0 Å². The van der Waals surface area contributed by atoms with Gasteiger partial charge in [0, 0.05) is 6.54 Å². The minimum Gasteiger partial charge on any atom is -0.497 e. The molecule has 0 fully saturated rings. The van der Waals surface area contributed by atoms with E-state index < -0.39 is 18.0 Å². The molecule has 27 heavy (non-hydrogen) atoms. The predicted octanol–water partition coefficient (Wildman–Crippen LogP) is 2.33. The smallest absolute Gasteiger partial charge is 0.344 e. The summed E-state index contributed by atoms with van der Waals surface area (Å²) in [5.74, 6) is 0.635. The average molecular weight is 373 g/mol. The number of carbonyl (C=O) groups is 2. The van der Waals surface area contributed by atoms with Gasteiger partial charge >= 0.3 is 5.97 Å². The van der Waals surface area contributed by atoms with Crippen molar-refractivity contribution in [1.82, 2.24) is 5.32 Å². The molecule has 144 valence electrons. The first kappa shape index (κ1) is 20.1. The molecule has 0 unspecified atom stereocenters. The van der Waals surface area contributed by atoms with Gasteiger partial charge in [0.1, 0.15) is 5.75 Å². The Morgan fingerprint density at radius 3 is 2.26 bits per heavy atom. The summed E-state index contributed by atoms with van der Waals surface area (Å²) in [4.78, 5) is 24.0. The number of esters is 1. The minimum absolute atomic E-state index is 0.322. The van der Waals surface area contributed by atoms with Gasteiger partial charge in [0.2, 0.25) is 0 Å². The molecule has 0 aliphatic carbocycles. The molecule has 7 heteroatoms. The van der Waals surface area contributed by atoms with Crippen LogP contribution in [0.15, 0.2) is 48.5 Å². The lowest BCUT2D eigenvalue weighted by Gasteiger charge is -2.14. The molecule has 2 rings (SSSR count). The molecular formula is C20H23NO6. The summed E-state index contributed by atoms with van der Waals surface area (Å²) in [6, 6.07) is 14.2. The van der Waals surface area contributed by atoms with Crippen LogP contribution in [0.4, 0.5) is 0 Å². The van der Waals surface area contributed by atoms with Gasteiger partial charge in [-0.05, 0) is 36.8 Å². The second-order valence-electron chi connectivity index (χ2n) is 5.64. The maximum absolute atomic E-state index is 12.1. The van der Waals surface area contributed by atoms with E-state index in [4.69, 9.17) is 18.9 Å². The Morgan fingerprint density at radius 2 is 1.63 bits per heavy atom. The zero-order valence-electron chi connectivity index (χ0n) is 15.6. The monoisotopic (exact) mass is 373 g/mol. The van der Waals surface area contributed by atoms with Crippen molar-refractivity contribution in [2.45, 2.75) is 19.6 Å². The van der Waals surface area contributed by atoms with E-state index in [1.54, 1.807) is 43.5 Å². The van der Waals surface area contributed by atoms with Gasteiger partial charge in [-0.15, -0.1) is 0 Å². The van der Waals surface area contributed by atoms with Gasteiger partial charge in [-0.25, -0.2) is 4.79 Å². The number of nitrogens with one attached hydrogen (secondary N) is 1. The molecule has 2 aromatic carbocycles. The van der Waals surface area contributed by atoms with Crippen LogP contribution >= 0.6 is 0 Å². The van der Waals surface area contributed by atoms with E-state index in [1.165, 1.54) is 14.0 Å². The summed E-state index contributed by atoms with van der Waals surface area (Å²) in [5, 5.41) is 2.72. The van der Waals surface area contributed by atoms with Crippen LogP contribution in [0.5, 0.6) is 17.2 Å². The molecule has 2 aromatic rings. The number of carbonyl (C=O) groups excluding carboxylic acids is 2. The van der Waals surface area contributed by atoms with Gasteiger partial charge in [0.25, 0.3) is 5.91 Å². The summed E-state index contributed by atoms with van der Waals surface area (Å²) in [6.07, 6.45) is -0.933. The van der Waals surface area contributed by atoms with Crippen molar-refractivity contribution in [2.75, 3.05) is 20.8 Å². The van der Waals surface area contributed by atoms with Gasteiger partial charge in [0.05, 0.1) is 14.2 Å². The number of hydrogen-bond donors (Lipinski definition) is 1. The highest BCUT2D eigenvalue weighted by molar-refractivity contribution is 5.83. The number of amides is 1. The molecule has 0 aromatic heterocycles. The zero-order valence-corrected chi connectivity index (χ0v) is 15.6. The Bertz CT molecular complexity index is 759. The lowest BCUT2D eigenvalue weighted by molar-refractivity contribution is -0.156. The molecular weight excluding hydrogens is 350 g/mol. The molecule has 0 heterocycles. The summed E-state index contributed by atoms with van der Waals surface area (Å²) < 4.78 is 20.7. The second kappa shape index (κ2) is 10.1. The lowest BCUT2D eigenvalue weighted by Crippen LogP contribution is -2.36. The van der Waals surface area contributed by atoms with E-state index in [2.05, 4.69) is 5.32 Å². The van der Waals surface area contributed by atoms with Gasteiger partial charge in [-0.3, -0.25) is 4.79 Å². The molecule has 1 atom stereocenters. The standard InChI is InChI=1S/C20H23NO6/c1-14(20(23)21-12-15-8-10-16(24-2)11-9-15)27-19(22)13-26-18-7-5-4-6-17(18)25-3/h4-11,14H,12-13H2,1-3H3,(H,21,23)/t14-/m1/s1. The number of benzene rings is 2. The third kappa shape index (κ3) is 6.22. The molecule has 7 nitrogen and oxygen atoms in total. The van der Waals surface area contributed by atoms with Crippen LogP contribution in [0.2, 0.25) is 0 Å². The van der Waals surface area contributed by atoms with Crippen molar-refractivity contribution < 1.29 is 28.5 Å². The van der Waals surface area contributed by atoms with Gasteiger partial charge in [-0.1, -0.05) is 24.3 Å². The second-order valence-corrected chi connectivity index (χ2v) is 5.64. The Labute approximate surface area is 158 Å². The van der Waals surface area contributed by atoms with Gasteiger partial charge in [0.15, 0.2) is 24.2 Å². The van der Waals surface area contributed by atoms with Crippen LogP contribution in [0.25, 0.3) is 0 Å². The predicted molar refractivity (Wildman–Crippen MR) is 98.9 cm³/mol. The van der Waals surface area contributed by atoms with Crippen molar-refractivity contribution in [1.29, 1.82) is 0 Å². The summed E-state index contributed by atoms with van der Waals surface area (Å²) in [6.45, 7) is 1.50. The van der Waals surface area contributed by atoms with Gasteiger partial charge in [-0.2, -0.15) is 0 Å². The Hall–Kier alpha value is -3.22. The van der Waals surface area contributed by atoms with Crippen LogP contribution in [0.3, 0.4) is 0 Å². The highest BCUT2D eigenvalue weighted by Crippen LogP contribution is 2.25. The topological polar surface area (TPSA) is 83.1 Å². The molecule has 0 spiro atoms. The summed E-state index contributed by atoms with van der Waals surface area (Å²) in [5.41, 5.74) is 0.905. The first-order valence-corrected chi connectivity index (χ1v) is 8.39. The quantitative estimate of drug-likeness (QED) is 0.680. The number of rotatable bonds is 9. The Balaban J connectivity index is 1.76. The minimum atomic E-state index is -0.933. The fourth-order valence-electron chi connectivity index (χ4n) is 2.24. The van der Waals surface area contributed by atoms with Gasteiger partial charge < -0.3 is 24.3 Å². The third-order valence-corrected chi connectivity index (χ3v) is 3.72. The fourth-order valence-corrected chi connectivity index (χ4v) is 2.24. The first-order chi connectivity index (χ1) is 13.0. The number of methoxy groups -OCH3 is 2. The third-order valence-electron chi connectivity index (χ3n) is 3.72. The summed E-state index contributed by atoms with van der Waals surface area (Å²) in [7, 11) is 3.10. The van der Waals surface area contributed by atoms with E-state index in [0.717, 1.165) is 11.3 Å². The van der Waals surface area contributed by atoms with Crippen molar-refractivity contribution in [3.8, 4) is 17.2 Å². The number of hydrogen-bond acceptors (Lipinski definition) is 6. The van der Waals surface area contributed by atoms with E-state index in [-0.39, 0.29) is 6.61 Å². The highest BCUT2D eigenvalue weighted by atomic mass is 16.6. The van der Waals surface area contributed by atoms with Crippen molar-refractivity contribution >= 4 is 11.9 Å². The van der Waals surface area contributed by atoms with Crippen LogP contribution in [-0.2, 0) is 20.9 Å². The van der Waals surface area contributed by atoms with E-state index >= 15 is 0 Å². The zero-order chi connectivity index (χ0) is 19.6. The average Bonchev–Trinajstić information content (AvgIpc) is 2.70. The molecule has 0 saturated carbocycles. The van der Waals surface area contributed by atoms with E-state index in [1.807, 2.05) is 12.1 Å². The van der Waals surface area contributed by atoms with Crippen LogP contribution in [0, 0.1) is 0 Å². The first-order valence-electron chi connectivity index (χ1n) is 8.39. The normalized spacial score (nSPS) is 11.2. The van der Waals surface area contributed by atoms with Crippen molar-refractivity contribution in [3.05, 3.63) is 54.1 Å². The highest BCUT2D eigenvalue weighted by Gasteiger charge is 2.18. The molecule has 0 aliphatic heterocycles. The molecule has 0 bridgehead atoms. The summed E-state index contributed by atoms with van der Waals surface area (Å²) >= 11 is 0. The van der Waals surface area contributed by atoms with E-state index in [0.29, 0.717) is 18.0 Å². The van der Waals surface area contributed by atoms with Crippen molar-refractivity contribution in [3.63, 3.8) is 0 Å². The van der Waals surface area contributed by atoms with Crippen LogP contribution in [0.1, 0.15) is 12.5 Å². The largest absolute Gasteiger partial charge is 0.497 e. The molecule has 0 aliphatic rings. The number of para-hydroxylation sites is 2. The molecule has 0 radical (unpaired) electrons. The fraction of sp³-hybridized carbons (Fsp3) is 0.300. The Morgan fingerprint density at radius 1 is 0.963 bits per heavy atom. The van der Waals surface area contributed by atoms with E-state index in [9.17, 15) is 9.59 Å².